The van der Waals surface area contributed by atoms with Gasteiger partial charge in [-0.2, -0.15) is 5.10 Å². The molecule has 0 heterocycles. The Bertz CT molecular complexity index is 419. The maximum atomic E-state index is 10.8. The van der Waals surface area contributed by atoms with Gasteiger partial charge in [0.1, 0.15) is 0 Å². The summed E-state index contributed by atoms with van der Waals surface area (Å²) in [6.07, 6.45) is 1.58. The summed E-state index contributed by atoms with van der Waals surface area (Å²) in [6, 6.07) is 7.19. The second-order valence-electron chi connectivity index (χ2n) is 3.04. The van der Waals surface area contributed by atoms with Crippen molar-refractivity contribution in [3.8, 4) is 0 Å². The number of nitrogens with two attached hydrogens (primary N) is 1. The molecule has 1 rings (SSSR count). The molecule has 1 aromatic rings. The van der Waals surface area contributed by atoms with E-state index in [-0.39, 0.29) is 48.8 Å². The Balaban J connectivity index is 0.00000256. The van der Waals surface area contributed by atoms with Gasteiger partial charge >= 0.3 is 37.7 Å². The van der Waals surface area contributed by atoms with Crippen LogP contribution in [0.5, 0.6) is 0 Å². The Hall–Kier alpha value is -0.690. The summed E-state index contributed by atoms with van der Waals surface area (Å²) in [5.74, 6) is -0.100. The van der Waals surface area contributed by atoms with E-state index in [0.717, 1.165) is 11.3 Å². The molecule has 0 fully saturated rings. The van der Waals surface area contributed by atoms with Crippen LogP contribution in [-0.4, -0.2) is 55.0 Å². The van der Waals surface area contributed by atoms with Crippen molar-refractivity contribution in [2.45, 2.75) is 6.92 Å². The molecule has 5 nitrogen and oxygen atoms in total. The third kappa shape index (κ3) is 7.27. The monoisotopic (exact) mass is 278 g/mol. The van der Waals surface area contributed by atoms with Crippen molar-refractivity contribution in [1.82, 2.24) is 5.43 Å². The fraction of sp³-hybridized carbons (Fsp3) is 0.100. The molecule has 0 aliphatic rings. The van der Waals surface area contributed by atoms with Crippen LogP contribution in [0, 0.1) is 0 Å². The molecule has 1 aromatic carbocycles. The van der Waals surface area contributed by atoms with Crippen molar-refractivity contribution in [3.05, 3.63) is 29.8 Å². The van der Waals surface area contributed by atoms with Crippen LogP contribution in [0.15, 0.2) is 29.4 Å². The Kier molecular flexibility index (Phi) is 8.07. The summed E-state index contributed by atoms with van der Waals surface area (Å²) in [7, 11) is 0. The molecule has 0 spiro atoms. The van der Waals surface area contributed by atoms with Gasteiger partial charge in [-0.1, -0.05) is 12.1 Å². The molecule has 17 heavy (non-hydrogen) atoms. The van der Waals surface area contributed by atoms with E-state index >= 15 is 0 Å². The predicted molar refractivity (Wildman–Crippen MR) is 76.8 cm³/mol. The first kappa shape index (κ1) is 16.3. The molecule has 0 unspecified atom stereocenters. The summed E-state index contributed by atoms with van der Waals surface area (Å²) < 4.78 is 0. The Morgan fingerprint density at radius 3 is 2.47 bits per heavy atom. The standard InChI is InChI=1S/C10H12N4OS.Ca.2H/c1-7(15)13-9-4-2-8(3-5-9)6-12-14-10(11)16;;;/h2-6H,1H3,(H,13,15)(H3,11,14,16);;;. The zero-order chi connectivity index (χ0) is 12.0. The average Bonchev–Trinajstić information content (AvgIpc) is 2.19. The van der Waals surface area contributed by atoms with E-state index in [9.17, 15) is 4.79 Å². The number of hydrogen-bond donors (Lipinski definition) is 3. The van der Waals surface area contributed by atoms with Gasteiger partial charge in [0.2, 0.25) is 5.91 Å². The molecule has 7 heteroatoms. The zero-order valence-corrected chi connectivity index (χ0v) is 9.54. The molecular formula is C10H14CaN4OS. The summed E-state index contributed by atoms with van der Waals surface area (Å²) >= 11 is 4.58. The number of amides is 1. The summed E-state index contributed by atoms with van der Waals surface area (Å²) in [5.41, 5.74) is 9.26. The number of carbonyl (C=O) groups excluding carboxylic acids is 1. The average molecular weight is 278 g/mol. The van der Waals surface area contributed by atoms with Crippen LogP contribution in [0.2, 0.25) is 0 Å². The Morgan fingerprint density at radius 1 is 1.41 bits per heavy atom. The number of carbonyl (C=O) groups is 1. The number of hydrazone groups is 1. The van der Waals surface area contributed by atoms with E-state index in [1.807, 2.05) is 12.1 Å². The van der Waals surface area contributed by atoms with Gasteiger partial charge in [-0.15, -0.1) is 0 Å². The van der Waals surface area contributed by atoms with Crippen LogP contribution in [0.4, 0.5) is 5.69 Å². The van der Waals surface area contributed by atoms with Crippen molar-refractivity contribution in [2.75, 3.05) is 5.32 Å². The van der Waals surface area contributed by atoms with Gasteiger partial charge in [0.05, 0.1) is 6.21 Å². The van der Waals surface area contributed by atoms with Gasteiger partial charge < -0.3 is 11.1 Å². The van der Waals surface area contributed by atoms with Gasteiger partial charge in [-0.05, 0) is 29.9 Å². The first-order chi connectivity index (χ1) is 7.58. The van der Waals surface area contributed by atoms with Gasteiger partial charge in [-0.3, -0.25) is 10.2 Å². The number of nitrogens with one attached hydrogen (secondary N) is 2. The van der Waals surface area contributed by atoms with Crippen LogP contribution >= 0.6 is 12.2 Å². The van der Waals surface area contributed by atoms with E-state index < -0.39 is 0 Å². The minimum absolute atomic E-state index is 0. The van der Waals surface area contributed by atoms with Crippen molar-refractivity contribution >= 4 is 72.9 Å². The van der Waals surface area contributed by atoms with Crippen molar-refractivity contribution in [2.24, 2.45) is 10.8 Å². The first-order valence-electron chi connectivity index (χ1n) is 4.54. The maximum absolute atomic E-state index is 10.8. The van der Waals surface area contributed by atoms with Gasteiger partial charge in [0, 0.05) is 12.6 Å². The molecule has 4 N–H and O–H groups in total. The number of anilines is 1. The first-order valence-corrected chi connectivity index (χ1v) is 4.95. The van der Waals surface area contributed by atoms with Crippen molar-refractivity contribution in [3.63, 3.8) is 0 Å². The fourth-order valence-corrected chi connectivity index (χ4v) is 1.08. The number of nitrogens with zero attached hydrogens (tertiary/aromatic N) is 1. The van der Waals surface area contributed by atoms with E-state index in [4.69, 9.17) is 5.73 Å². The van der Waals surface area contributed by atoms with E-state index in [2.05, 4.69) is 28.1 Å². The zero-order valence-electron chi connectivity index (χ0n) is 8.73. The summed E-state index contributed by atoms with van der Waals surface area (Å²) in [6.45, 7) is 1.46. The Labute approximate surface area is 135 Å². The van der Waals surface area contributed by atoms with E-state index in [1.54, 1.807) is 18.3 Å². The minimum atomic E-state index is -0.100. The summed E-state index contributed by atoms with van der Waals surface area (Å²) in [5, 5.41) is 6.59. The van der Waals surface area contributed by atoms with Crippen LogP contribution in [0.1, 0.15) is 12.5 Å². The molecule has 0 aliphatic heterocycles. The molecule has 0 radical (unpaired) electrons. The van der Waals surface area contributed by atoms with Gasteiger partial charge in [0.25, 0.3) is 0 Å². The Morgan fingerprint density at radius 2 is 2.00 bits per heavy atom. The van der Waals surface area contributed by atoms with Gasteiger partial charge in [-0.25, -0.2) is 0 Å². The van der Waals surface area contributed by atoms with Crippen molar-refractivity contribution < 1.29 is 4.79 Å². The quantitative estimate of drug-likeness (QED) is 0.312. The van der Waals surface area contributed by atoms with Gasteiger partial charge in [0.15, 0.2) is 5.11 Å². The molecule has 1 amide bonds. The SMILES string of the molecule is CC(=O)Nc1ccc(C=NNC(N)=S)cc1.[CaH2]. The number of benzene rings is 1. The molecular weight excluding hydrogens is 264 g/mol. The molecule has 0 bridgehead atoms. The van der Waals surface area contributed by atoms with Crippen LogP contribution < -0.4 is 16.5 Å². The number of thiocarbonyl (C=S) groups is 1. The van der Waals surface area contributed by atoms with E-state index in [0.29, 0.717) is 0 Å². The van der Waals surface area contributed by atoms with Crippen molar-refractivity contribution in [1.29, 1.82) is 0 Å². The number of rotatable bonds is 3. The predicted octanol–water partition coefficient (Wildman–Crippen LogP) is -0.104. The van der Waals surface area contributed by atoms with Crippen LogP contribution in [0.25, 0.3) is 0 Å². The normalized spacial score (nSPS) is 9.47. The molecule has 88 valence electrons. The topological polar surface area (TPSA) is 79.5 Å². The van der Waals surface area contributed by atoms with E-state index in [1.165, 1.54) is 6.92 Å². The molecule has 0 saturated carbocycles. The third-order valence-electron chi connectivity index (χ3n) is 1.62. The molecule has 0 aromatic heterocycles. The third-order valence-corrected chi connectivity index (χ3v) is 1.71. The molecule has 0 saturated heterocycles. The molecule has 0 atom stereocenters. The second-order valence-corrected chi connectivity index (χ2v) is 3.48. The second kappa shape index (κ2) is 8.41. The fourth-order valence-electron chi connectivity index (χ4n) is 1.03. The summed E-state index contributed by atoms with van der Waals surface area (Å²) in [4.78, 5) is 10.8. The van der Waals surface area contributed by atoms with Crippen LogP contribution in [-0.2, 0) is 4.79 Å². The molecule has 0 aliphatic carbocycles. The van der Waals surface area contributed by atoms with Crippen LogP contribution in [0.3, 0.4) is 0 Å². The number of hydrogen-bond acceptors (Lipinski definition) is 3.